The Balaban J connectivity index is 0.840. The first kappa shape index (κ1) is 34.9. The molecule has 284 valence electrons. The average Bonchev–Trinajstić information content (AvgIpc) is 3.68. The molecule has 0 fully saturated rings. The van der Waals surface area contributed by atoms with Gasteiger partial charge < -0.3 is 4.57 Å². The fourth-order valence-corrected chi connectivity index (χ4v) is 9.24. The van der Waals surface area contributed by atoms with Crippen LogP contribution in [0.15, 0.2) is 225 Å². The Morgan fingerprint density at radius 1 is 0.279 bits per heavy atom. The molecule has 0 saturated carbocycles. The molecule has 61 heavy (non-hydrogen) atoms. The fraction of sp³-hybridized carbons (Fsp3) is 0. The molecule has 0 aliphatic heterocycles. The van der Waals surface area contributed by atoms with Crippen LogP contribution in [0.4, 0.5) is 0 Å². The minimum atomic E-state index is 0.863. The first-order valence-corrected chi connectivity index (χ1v) is 20.8. The SMILES string of the molecule is c1ccc(-n2c3ccccc3c3cc(-c4cccc(-c5ccc(-c6cccc(-c7cccc(-c8cnc9c%10ccccc%10c%10ccccc%10c9n8)c7)c6)cc5)c4)ccc32)cc1. The molecule has 0 radical (unpaired) electrons. The third kappa shape index (κ3) is 5.98. The second-order valence-corrected chi connectivity index (χ2v) is 15.8. The lowest BCUT2D eigenvalue weighted by Gasteiger charge is -2.11. The first-order valence-electron chi connectivity index (χ1n) is 20.8. The maximum absolute atomic E-state index is 5.25. The molecule has 0 unspecified atom stereocenters. The van der Waals surface area contributed by atoms with Crippen molar-refractivity contribution in [3.8, 4) is 61.5 Å². The Bertz CT molecular complexity index is 3600. The van der Waals surface area contributed by atoms with Crippen LogP contribution < -0.4 is 0 Å². The van der Waals surface area contributed by atoms with Crippen molar-refractivity contribution < 1.29 is 0 Å². The van der Waals surface area contributed by atoms with E-state index in [9.17, 15) is 0 Å². The van der Waals surface area contributed by atoms with Crippen LogP contribution in [-0.2, 0) is 0 Å². The second-order valence-electron chi connectivity index (χ2n) is 15.8. The van der Waals surface area contributed by atoms with Gasteiger partial charge in [-0.2, -0.15) is 0 Å². The summed E-state index contributed by atoms with van der Waals surface area (Å²) in [5, 5.41) is 7.16. The van der Waals surface area contributed by atoms with Crippen LogP contribution in [0.3, 0.4) is 0 Å². The van der Waals surface area contributed by atoms with Gasteiger partial charge in [-0.15, -0.1) is 0 Å². The molecular weight excluding hydrogens is 739 g/mol. The van der Waals surface area contributed by atoms with Crippen molar-refractivity contribution in [2.45, 2.75) is 0 Å². The van der Waals surface area contributed by atoms with E-state index in [1.165, 1.54) is 71.6 Å². The maximum Gasteiger partial charge on any atom is 0.0979 e. The number of hydrogen-bond donors (Lipinski definition) is 0. The van der Waals surface area contributed by atoms with Crippen molar-refractivity contribution in [2.24, 2.45) is 0 Å². The molecule has 10 aromatic carbocycles. The zero-order chi connectivity index (χ0) is 40.3. The van der Waals surface area contributed by atoms with E-state index in [0.29, 0.717) is 0 Å². The van der Waals surface area contributed by atoms with Crippen molar-refractivity contribution in [1.82, 2.24) is 14.5 Å². The summed E-state index contributed by atoms with van der Waals surface area (Å²) >= 11 is 0. The highest BCUT2D eigenvalue weighted by molar-refractivity contribution is 6.23. The number of para-hydroxylation sites is 2. The van der Waals surface area contributed by atoms with Gasteiger partial charge in [0.05, 0.1) is 34.0 Å². The quantitative estimate of drug-likeness (QED) is 0.158. The molecule has 3 nitrogen and oxygen atoms in total. The van der Waals surface area contributed by atoms with Crippen LogP contribution in [-0.4, -0.2) is 14.5 Å². The predicted octanol–water partition coefficient (Wildman–Crippen LogP) is 15.4. The monoisotopic (exact) mass is 775 g/mol. The van der Waals surface area contributed by atoms with Crippen molar-refractivity contribution in [3.05, 3.63) is 225 Å². The lowest BCUT2D eigenvalue weighted by molar-refractivity contribution is 1.18. The number of benzene rings is 10. The summed E-state index contributed by atoms with van der Waals surface area (Å²) in [5.41, 5.74) is 16.8. The standard InChI is InChI=1S/C58H37N3/c1-2-19-47(20-3-1)61-55-26-9-8-23-50(55)53-36-45(31-32-56(53)61)43-16-11-14-41(34-43)39-29-27-38(28-30-39)40-13-10-15-42(33-40)44-17-12-18-46(35-44)54-37-59-57-51-24-6-4-21-48(51)49-22-5-7-25-52(49)58(57)60-54/h1-37H. The van der Waals surface area contributed by atoms with E-state index in [1.54, 1.807) is 0 Å². The molecule has 2 heterocycles. The minimum Gasteiger partial charge on any atom is -0.309 e. The Morgan fingerprint density at radius 2 is 0.721 bits per heavy atom. The highest BCUT2D eigenvalue weighted by Crippen LogP contribution is 2.38. The van der Waals surface area contributed by atoms with Crippen LogP contribution in [0.5, 0.6) is 0 Å². The van der Waals surface area contributed by atoms with Gasteiger partial charge in [0.15, 0.2) is 0 Å². The van der Waals surface area contributed by atoms with Crippen molar-refractivity contribution >= 4 is 54.4 Å². The number of hydrogen-bond acceptors (Lipinski definition) is 2. The third-order valence-corrected chi connectivity index (χ3v) is 12.2. The van der Waals surface area contributed by atoms with Crippen molar-refractivity contribution in [2.75, 3.05) is 0 Å². The van der Waals surface area contributed by atoms with Gasteiger partial charge in [0.2, 0.25) is 0 Å². The van der Waals surface area contributed by atoms with E-state index in [0.717, 1.165) is 44.2 Å². The summed E-state index contributed by atoms with van der Waals surface area (Å²) in [6.07, 6.45) is 1.92. The lowest BCUT2D eigenvalue weighted by atomic mass is 9.95. The van der Waals surface area contributed by atoms with Gasteiger partial charge in [-0.25, -0.2) is 4.98 Å². The Kier molecular flexibility index (Phi) is 8.17. The van der Waals surface area contributed by atoms with Crippen LogP contribution >= 0.6 is 0 Å². The predicted molar refractivity (Wildman–Crippen MR) is 256 cm³/mol. The van der Waals surface area contributed by atoms with Gasteiger partial charge in [0.1, 0.15) is 0 Å². The van der Waals surface area contributed by atoms with Crippen LogP contribution in [0.2, 0.25) is 0 Å². The van der Waals surface area contributed by atoms with Crippen LogP contribution in [0.25, 0.3) is 116 Å². The Labute approximate surface area is 353 Å². The summed E-state index contributed by atoms with van der Waals surface area (Å²) in [4.78, 5) is 10.3. The van der Waals surface area contributed by atoms with Crippen molar-refractivity contribution in [3.63, 3.8) is 0 Å². The zero-order valence-electron chi connectivity index (χ0n) is 33.2. The van der Waals surface area contributed by atoms with Gasteiger partial charge in [-0.05, 0) is 104 Å². The second kappa shape index (κ2) is 14.3. The summed E-state index contributed by atoms with van der Waals surface area (Å²) in [5.74, 6) is 0. The normalized spacial score (nSPS) is 11.6. The molecule has 3 heteroatoms. The van der Waals surface area contributed by atoms with Crippen LogP contribution in [0, 0.1) is 0 Å². The van der Waals surface area contributed by atoms with Crippen molar-refractivity contribution in [1.29, 1.82) is 0 Å². The summed E-state index contributed by atoms with van der Waals surface area (Å²) < 4.78 is 2.36. The minimum absolute atomic E-state index is 0.863. The molecule has 0 aliphatic rings. The lowest BCUT2D eigenvalue weighted by Crippen LogP contribution is -1.92. The highest BCUT2D eigenvalue weighted by Gasteiger charge is 2.15. The van der Waals surface area contributed by atoms with E-state index in [2.05, 4.69) is 223 Å². The van der Waals surface area contributed by atoms with Gasteiger partial charge >= 0.3 is 0 Å². The molecule has 0 atom stereocenters. The van der Waals surface area contributed by atoms with E-state index >= 15 is 0 Å². The topological polar surface area (TPSA) is 30.7 Å². The molecule has 0 spiro atoms. The molecule has 0 N–H and O–H groups in total. The molecule has 12 aromatic rings. The maximum atomic E-state index is 5.25. The molecule has 12 rings (SSSR count). The summed E-state index contributed by atoms with van der Waals surface area (Å²) in [6, 6.07) is 78.5. The van der Waals surface area contributed by atoms with Gasteiger partial charge in [0, 0.05) is 32.8 Å². The average molecular weight is 776 g/mol. The van der Waals surface area contributed by atoms with E-state index < -0.39 is 0 Å². The summed E-state index contributed by atoms with van der Waals surface area (Å²) in [7, 11) is 0. The number of fused-ring (bicyclic) bond motifs is 9. The van der Waals surface area contributed by atoms with Crippen LogP contribution in [0.1, 0.15) is 0 Å². The van der Waals surface area contributed by atoms with Gasteiger partial charge in [-0.3, -0.25) is 4.98 Å². The molecule has 0 amide bonds. The highest BCUT2D eigenvalue weighted by atomic mass is 15.0. The zero-order valence-corrected chi connectivity index (χ0v) is 33.2. The first-order chi connectivity index (χ1) is 30.2. The number of nitrogens with zero attached hydrogens (tertiary/aromatic N) is 3. The Hall–Kier alpha value is -8.14. The third-order valence-electron chi connectivity index (χ3n) is 12.2. The summed E-state index contributed by atoms with van der Waals surface area (Å²) in [6.45, 7) is 0. The smallest absolute Gasteiger partial charge is 0.0979 e. The van der Waals surface area contributed by atoms with E-state index in [1.807, 2.05) is 6.20 Å². The van der Waals surface area contributed by atoms with E-state index in [-0.39, 0.29) is 0 Å². The molecule has 0 saturated heterocycles. The molecule has 0 bridgehead atoms. The molecule has 0 aliphatic carbocycles. The van der Waals surface area contributed by atoms with E-state index in [4.69, 9.17) is 9.97 Å². The fourth-order valence-electron chi connectivity index (χ4n) is 9.24. The largest absolute Gasteiger partial charge is 0.309 e. The molecule has 2 aromatic heterocycles. The Morgan fingerprint density at radius 3 is 1.34 bits per heavy atom. The van der Waals surface area contributed by atoms with Gasteiger partial charge in [-0.1, -0.05) is 170 Å². The molecular formula is C58H37N3. The van der Waals surface area contributed by atoms with Gasteiger partial charge in [0.25, 0.3) is 0 Å². The number of aromatic nitrogens is 3. The number of rotatable bonds is 6.